The molecule has 0 saturated carbocycles. The Kier molecular flexibility index (Phi) is 6.60. The molecule has 0 fully saturated rings. The van der Waals surface area contributed by atoms with E-state index in [0.29, 0.717) is 49.8 Å². The fraction of sp³-hybridized carbons (Fsp3) is 0.458. The summed E-state index contributed by atoms with van der Waals surface area (Å²) in [6, 6.07) is 7.65. The van der Waals surface area contributed by atoms with Crippen LogP contribution in [0.2, 0.25) is 0 Å². The maximum Gasteiger partial charge on any atom is 0.272 e. The summed E-state index contributed by atoms with van der Waals surface area (Å²) in [5.74, 6) is 0.294. The summed E-state index contributed by atoms with van der Waals surface area (Å²) in [6.45, 7) is 6.97. The molecule has 0 aliphatic carbocycles. The number of benzene rings is 1. The zero-order valence-corrected chi connectivity index (χ0v) is 19.0. The smallest absolute Gasteiger partial charge is 0.272 e. The van der Waals surface area contributed by atoms with E-state index in [1.54, 1.807) is 7.11 Å². The molecule has 0 atom stereocenters. The van der Waals surface area contributed by atoms with Crippen molar-refractivity contribution in [3.8, 4) is 0 Å². The Morgan fingerprint density at radius 3 is 2.91 bits per heavy atom. The quantitative estimate of drug-likeness (QED) is 0.530. The van der Waals surface area contributed by atoms with Gasteiger partial charge >= 0.3 is 0 Å². The molecule has 2 amide bonds. The van der Waals surface area contributed by atoms with Gasteiger partial charge < -0.3 is 19.9 Å². The topological polar surface area (TPSA) is 92.2 Å². The van der Waals surface area contributed by atoms with Gasteiger partial charge in [-0.1, -0.05) is 13.8 Å². The summed E-state index contributed by atoms with van der Waals surface area (Å²) in [7, 11) is 1.60. The molecular weight excluding hydrogens is 406 g/mol. The van der Waals surface area contributed by atoms with Crippen molar-refractivity contribution < 1.29 is 14.3 Å². The minimum Gasteiger partial charge on any atom is -0.383 e. The standard InChI is InChI=1S/C24H31N5O3/c1-16(2)7-12-29-21-8-11-28(15-19(21)22(27-29)23(30)26-10-13-32-3)24(31)18-4-5-20-17(14-18)6-9-25-20/h4-6,9,14,16,25H,7-8,10-13,15H2,1-3H3,(H,26,30). The third kappa shape index (κ3) is 4.55. The third-order valence-electron chi connectivity index (χ3n) is 5.95. The molecule has 170 valence electrons. The summed E-state index contributed by atoms with van der Waals surface area (Å²) in [5, 5.41) is 8.55. The molecule has 1 aliphatic rings. The minimum atomic E-state index is -0.218. The molecule has 0 unspecified atom stereocenters. The lowest BCUT2D eigenvalue weighted by atomic mass is 10.0. The van der Waals surface area contributed by atoms with Crippen LogP contribution in [0.5, 0.6) is 0 Å². The number of carbonyl (C=O) groups is 2. The van der Waals surface area contributed by atoms with Crippen molar-refractivity contribution in [3.63, 3.8) is 0 Å². The van der Waals surface area contributed by atoms with E-state index < -0.39 is 0 Å². The maximum absolute atomic E-state index is 13.3. The zero-order valence-electron chi connectivity index (χ0n) is 19.0. The van der Waals surface area contributed by atoms with Crippen LogP contribution in [0.1, 0.15) is 52.4 Å². The molecule has 0 saturated heterocycles. The Balaban J connectivity index is 1.59. The van der Waals surface area contributed by atoms with Crippen LogP contribution in [-0.4, -0.2) is 58.3 Å². The van der Waals surface area contributed by atoms with E-state index in [0.717, 1.165) is 35.1 Å². The monoisotopic (exact) mass is 437 g/mol. The molecule has 2 N–H and O–H groups in total. The Morgan fingerprint density at radius 2 is 2.12 bits per heavy atom. The molecule has 2 aromatic heterocycles. The number of hydrogen-bond acceptors (Lipinski definition) is 4. The molecule has 8 heteroatoms. The third-order valence-corrected chi connectivity index (χ3v) is 5.95. The zero-order chi connectivity index (χ0) is 22.7. The largest absolute Gasteiger partial charge is 0.383 e. The highest BCUT2D eigenvalue weighted by Crippen LogP contribution is 2.26. The van der Waals surface area contributed by atoms with E-state index in [4.69, 9.17) is 4.74 Å². The first kappa shape index (κ1) is 22.1. The summed E-state index contributed by atoms with van der Waals surface area (Å²) in [4.78, 5) is 31.1. The van der Waals surface area contributed by atoms with Gasteiger partial charge in [0.05, 0.1) is 13.2 Å². The number of rotatable bonds is 8. The van der Waals surface area contributed by atoms with E-state index in [1.807, 2.05) is 40.0 Å². The van der Waals surface area contributed by atoms with E-state index in [-0.39, 0.29) is 11.8 Å². The number of carbonyl (C=O) groups excluding carboxylic acids is 2. The molecule has 0 radical (unpaired) electrons. The Bertz CT molecular complexity index is 1110. The number of nitrogens with one attached hydrogen (secondary N) is 2. The normalized spacial score (nSPS) is 13.6. The maximum atomic E-state index is 13.3. The number of nitrogens with zero attached hydrogens (tertiary/aromatic N) is 3. The summed E-state index contributed by atoms with van der Waals surface area (Å²) >= 11 is 0. The number of H-pyrrole nitrogens is 1. The van der Waals surface area contributed by atoms with Gasteiger partial charge in [-0.3, -0.25) is 14.3 Å². The van der Waals surface area contributed by atoms with Gasteiger partial charge in [0.25, 0.3) is 11.8 Å². The predicted octanol–water partition coefficient (Wildman–Crippen LogP) is 2.99. The molecule has 1 aromatic carbocycles. The highest BCUT2D eigenvalue weighted by molar-refractivity contribution is 5.99. The van der Waals surface area contributed by atoms with Gasteiger partial charge in [-0.05, 0) is 36.6 Å². The molecule has 4 rings (SSSR count). The summed E-state index contributed by atoms with van der Waals surface area (Å²) in [5.41, 5.74) is 3.99. The van der Waals surface area contributed by atoms with Crippen molar-refractivity contribution >= 4 is 22.7 Å². The van der Waals surface area contributed by atoms with Crippen molar-refractivity contribution in [1.29, 1.82) is 0 Å². The second-order valence-corrected chi connectivity index (χ2v) is 8.68. The van der Waals surface area contributed by atoms with Crippen molar-refractivity contribution in [2.75, 3.05) is 26.8 Å². The number of aryl methyl sites for hydroxylation is 1. The van der Waals surface area contributed by atoms with Gasteiger partial charge in [-0.15, -0.1) is 0 Å². The van der Waals surface area contributed by atoms with Gasteiger partial charge in [0.2, 0.25) is 0 Å². The second-order valence-electron chi connectivity index (χ2n) is 8.68. The van der Waals surface area contributed by atoms with Crippen LogP contribution < -0.4 is 5.32 Å². The van der Waals surface area contributed by atoms with E-state index in [9.17, 15) is 9.59 Å². The highest BCUT2D eigenvalue weighted by atomic mass is 16.5. The van der Waals surface area contributed by atoms with Gasteiger partial charge in [-0.2, -0.15) is 5.10 Å². The second kappa shape index (κ2) is 9.56. The Labute approximate surface area is 187 Å². The molecule has 3 aromatic rings. The van der Waals surface area contributed by atoms with Gasteiger partial charge in [0.15, 0.2) is 5.69 Å². The number of fused-ring (bicyclic) bond motifs is 2. The van der Waals surface area contributed by atoms with Gasteiger partial charge in [0, 0.05) is 67.1 Å². The van der Waals surface area contributed by atoms with E-state index in [2.05, 4.69) is 29.2 Å². The molecule has 32 heavy (non-hydrogen) atoms. The molecule has 0 bridgehead atoms. The Morgan fingerprint density at radius 1 is 1.28 bits per heavy atom. The fourth-order valence-corrected chi connectivity index (χ4v) is 4.13. The SMILES string of the molecule is COCCNC(=O)c1nn(CCC(C)C)c2c1CN(C(=O)c1ccc3[nH]ccc3c1)CC2. The summed E-state index contributed by atoms with van der Waals surface area (Å²) < 4.78 is 7.00. The number of aromatic nitrogens is 3. The van der Waals surface area contributed by atoms with E-state index in [1.165, 1.54) is 0 Å². The first-order chi connectivity index (χ1) is 15.5. The lowest BCUT2D eigenvalue weighted by Gasteiger charge is -2.28. The minimum absolute atomic E-state index is 0.0283. The van der Waals surface area contributed by atoms with Crippen LogP contribution in [0.3, 0.4) is 0 Å². The first-order valence-corrected chi connectivity index (χ1v) is 11.2. The molecule has 0 spiro atoms. The average Bonchev–Trinajstić information content (AvgIpc) is 3.40. The average molecular weight is 438 g/mol. The number of aromatic amines is 1. The van der Waals surface area contributed by atoms with Crippen LogP contribution in [-0.2, 0) is 24.2 Å². The van der Waals surface area contributed by atoms with E-state index >= 15 is 0 Å². The molecule has 3 heterocycles. The first-order valence-electron chi connectivity index (χ1n) is 11.2. The van der Waals surface area contributed by atoms with Crippen LogP contribution in [0.15, 0.2) is 30.5 Å². The highest BCUT2D eigenvalue weighted by Gasteiger charge is 2.30. The van der Waals surface area contributed by atoms with Crippen LogP contribution >= 0.6 is 0 Å². The van der Waals surface area contributed by atoms with Gasteiger partial charge in [-0.25, -0.2) is 0 Å². The molecule has 8 nitrogen and oxygen atoms in total. The van der Waals surface area contributed by atoms with Crippen molar-refractivity contribution in [2.24, 2.45) is 5.92 Å². The number of amides is 2. The summed E-state index contributed by atoms with van der Waals surface area (Å²) in [6.07, 6.45) is 3.54. The van der Waals surface area contributed by atoms with Crippen molar-refractivity contribution in [2.45, 2.75) is 39.8 Å². The number of hydrogen-bond donors (Lipinski definition) is 2. The molecule has 1 aliphatic heterocycles. The number of ether oxygens (including phenoxy) is 1. The fourth-order valence-electron chi connectivity index (χ4n) is 4.13. The lowest BCUT2D eigenvalue weighted by Crippen LogP contribution is -2.37. The predicted molar refractivity (Wildman–Crippen MR) is 123 cm³/mol. The van der Waals surface area contributed by atoms with Crippen molar-refractivity contribution in [1.82, 2.24) is 25.0 Å². The van der Waals surface area contributed by atoms with Crippen LogP contribution in [0, 0.1) is 5.92 Å². The van der Waals surface area contributed by atoms with Crippen molar-refractivity contribution in [3.05, 3.63) is 53.0 Å². The number of methoxy groups -OCH3 is 1. The molecular formula is C24H31N5O3. The van der Waals surface area contributed by atoms with Crippen LogP contribution in [0.25, 0.3) is 10.9 Å². The van der Waals surface area contributed by atoms with Gasteiger partial charge in [0.1, 0.15) is 0 Å². The Hall–Kier alpha value is -3.13. The van der Waals surface area contributed by atoms with Crippen LogP contribution in [0.4, 0.5) is 0 Å². The lowest BCUT2D eigenvalue weighted by molar-refractivity contribution is 0.0730.